The van der Waals surface area contributed by atoms with Gasteiger partial charge < -0.3 is 15.0 Å². The summed E-state index contributed by atoms with van der Waals surface area (Å²) in [6.07, 6.45) is 2.19. The Morgan fingerprint density at radius 2 is 2.27 bits per heavy atom. The lowest BCUT2D eigenvalue weighted by Crippen LogP contribution is -2.50. The second-order valence-electron chi connectivity index (χ2n) is 7.50. The molecule has 22 heavy (non-hydrogen) atoms. The molecule has 1 N–H and O–H groups in total. The summed E-state index contributed by atoms with van der Waals surface area (Å²) in [4.78, 5) is 14.7. The SMILES string of the molecule is C[C@@H]1COCCN1c1cc2n(n1)C1CCC(C)(C)C1NC2=O. The standard InChI is InChI=1S/C16H24N4O2/c1-10-9-22-7-6-19(10)13-8-12-15(21)17-14-11(20(12)18-13)4-5-16(14,2)3/h8,10-11,14H,4-7,9H2,1-3H3,(H,17,21)/t10-,11?,14?/m1/s1. The molecule has 0 bridgehead atoms. The van der Waals surface area contributed by atoms with Crippen LogP contribution in [-0.4, -0.2) is 47.5 Å². The molecular formula is C16H24N4O2. The van der Waals surface area contributed by atoms with Crippen LogP contribution >= 0.6 is 0 Å². The Morgan fingerprint density at radius 3 is 3.05 bits per heavy atom. The molecule has 1 saturated heterocycles. The van der Waals surface area contributed by atoms with Gasteiger partial charge in [-0.25, -0.2) is 0 Å². The molecule has 1 aromatic heterocycles. The Morgan fingerprint density at radius 1 is 1.45 bits per heavy atom. The number of nitrogens with zero attached hydrogens (tertiary/aromatic N) is 3. The van der Waals surface area contributed by atoms with Crippen molar-refractivity contribution in [3.63, 3.8) is 0 Å². The maximum Gasteiger partial charge on any atom is 0.269 e. The van der Waals surface area contributed by atoms with Crippen LogP contribution in [0.25, 0.3) is 0 Å². The number of rotatable bonds is 1. The molecule has 4 rings (SSSR count). The Bertz CT molecular complexity index is 609. The van der Waals surface area contributed by atoms with Crippen LogP contribution in [0.15, 0.2) is 6.07 Å². The van der Waals surface area contributed by atoms with E-state index in [0.29, 0.717) is 18.3 Å². The topological polar surface area (TPSA) is 59.4 Å². The van der Waals surface area contributed by atoms with Crippen molar-refractivity contribution in [1.82, 2.24) is 15.1 Å². The first-order valence-corrected chi connectivity index (χ1v) is 8.22. The normalized spacial score (nSPS) is 33.3. The number of anilines is 1. The fraction of sp³-hybridized carbons (Fsp3) is 0.750. The lowest BCUT2D eigenvalue weighted by atomic mass is 9.86. The Kier molecular flexibility index (Phi) is 3.01. The average Bonchev–Trinajstić information content (AvgIpc) is 3.03. The third-order valence-electron chi connectivity index (χ3n) is 5.53. The van der Waals surface area contributed by atoms with Crippen molar-refractivity contribution in [3.05, 3.63) is 11.8 Å². The summed E-state index contributed by atoms with van der Waals surface area (Å²) >= 11 is 0. The highest BCUT2D eigenvalue weighted by molar-refractivity contribution is 5.94. The molecule has 6 nitrogen and oxygen atoms in total. The first-order valence-electron chi connectivity index (χ1n) is 8.22. The lowest BCUT2D eigenvalue weighted by Gasteiger charge is -2.35. The van der Waals surface area contributed by atoms with Gasteiger partial charge in [-0.15, -0.1) is 0 Å². The minimum atomic E-state index is 0.0101. The number of fused-ring (bicyclic) bond motifs is 3. The van der Waals surface area contributed by atoms with Crippen LogP contribution in [0.1, 0.15) is 50.1 Å². The summed E-state index contributed by atoms with van der Waals surface area (Å²) in [5, 5.41) is 8.02. The van der Waals surface area contributed by atoms with Crippen molar-refractivity contribution >= 4 is 11.7 Å². The predicted molar refractivity (Wildman–Crippen MR) is 83.2 cm³/mol. The van der Waals surface area contributed by atoms with Gasteiger partial charge >= 0.3 is 0 Å². The number of nitrogens with one attached hydrogen (secondary N) is 1. The van der Waals surface area contributed by atoms with Crippen molar-refractivity contribution in [2.75, 3.05) is 24.7 Å². The second kappa shape index (κ2) is 4.72. The number of carbonyl (C=O) groups is 1. The molecule has 1 aliphatic carbocycles. The van der Waals surface area contributed by atoms with Gasteiger partial charge in [0.2, 0.25) is 0 Å². The highest BCUT2D eigenvalue weighted by Crippen LogP contribution is 2.46. The van der Waals surface area contributed by atoms with Gasteiger partial charge in [-0.1, -0.05) is 13.8 Å². The number of ether oxygens (including phenoxy) is 1. The first kappa shape index (κ1) is 14.1. The molecule has 0 aromatic carbocycles. The van der Waals surface area contributed by atoms with Crippen LogP contribution in [0.4, 0.5) is 5.82 Å². The van der Waals surface area contributed by atoms with E-state index in [-0.39, 0.29) is 23.4 Å². The number of morpholine rings is 1. The molecule has 1 amide bonds. The predicted octanol–water partition coefficient (Wildman–Crippen LogP) is 1.58. The Hall–Kier alpha value is -1.56. The van der Waals surface area contributed by atoms with Gasteiger partial charge in [0.15, 0.2) is 5.82 Å². The van der Waals surface area contributed by atoms with Gasteiger partial charge in [-0.05, 0) is 25.2 Å². The van der Waals surface area contributed by atoms with E-state index in [1.165, 1.54) is 0 Å². The summed E-state index contributed by atoms with van der Waals surface area (Å²) in [7, 11) is 0. The van der Waals surface area contributed by atoms with Crippen molar-refractivity contribution in [3.8, 4) is 0 Å². The summed E-state index contributed by atoms with van der Waals surface area (Å²) in [6.45, 7) is 8.87. The van der Waals surface area contributed by atoms with Crippen LogP contribution in [0.2, 0.25) is 0 Å². The number of amides is 1. The molecule has 1 aromatic rings. The van der Waals surface area contributed by atoms with E-state index in [1.54, 1.807) is 0 Å². The van der Waals surface area contributed by atoms with Crippen LogP contribution in [0.3, 0.4) is 0 Å². The highest BCUT2D eigenvalue weighted by atomic mass is 16.5. The van der Waals surface area contributed by atoms with Gasteiger partial charge in [0.1, 0.15) is 5.69 Å². The molecule has 2 unspecified atom stereocenters. The Labute approximate surface area is 130 Å². The number of carbonyl (C=O) groups excluding carboxylic acids is 1. The first-order chi connectivity index (χ1) is 10.5. The van der Waals surface area contributed by atoms with Crippen LogP contribution < -0.4 is 10.2 Å². The van der Waals surface area contributed by atoms with Crippen molar-refractivity contribution < 1.29 is 9.53 Å². The van der Waals surface area contributed by atoms with Crippen LogP contribution in [-0.2, 0) is 4.74 Å². The smallest absolute Gasteiger partial charge is 0.269 e. The summed E-state index contributed by atoms with van der Waals surface area (Å²) in [6, 6.07) is 2.71. The molecule has 0 radical (unpaired) electrons. The molecule has 2 fully saturated rings. The van der Waals surface area contributed by atoms with Gasteiger partial charge in [-0.3, -0.25) is 9.48 Å². The summed E-state index contributed by atoms with van der Waals surface area (Å²) in [5.74, 6) is 0.919. The monoisotopic (exact) mass is 304 g/mol. The molecule has 3 aliphatic rings. The fourth-order valence-corrected chi connectivity index (χ4v) is 4.14. The van der Waals surface area contributed by atoms with Gasteiger partial charge in [0.05, 0.1) is 31.3 Å². The van der Waals surface area contributed by atoms with Crippen molar-refractivity contribution in [1.29, 1.82) is 0 Å². The van der Waals surface area contributed by atoms with E-state index in [4.69, 9.17) is 9.84 Å². The quantitative estimate of drug-likeness (QED) is 0.856. The number of aromatic nitrogens is 2. The molecule has 120 valence electrons. The van der Waals surface area contributed by atoms with E-state index in [2.05, 4.69) is 31.0 Å². The van der Waals surface area contributed by atoms with E-state index in [9.17, 15) is 4.79 Å². The molecule has 3 atom stereocenters. The fourth-order valence-electron chi connectivity index (χ4n) is 4.14. The van der Waals surface area contributed by atoms with E-state index >= 15 is 0 Å². The van der Waals surface area contributed by atoms with Crippen LogP contribution in [0.5, 0.6) is 0 Å². The van der Waals surface area contributed by atoms with Crippen molar-refractivity contribution in [2.45, 2.75) is 51.7 Å². The highest BCUT2D eigenvalue weighted by Gasteiger charge is 2.48. The molecule has 0 spiro atoms. The van der Waals surface area contributed by atoms with E-state index in [0.717, 1.165) is 31.8 Å². The average molecular weight is 304 g/mol. The zero-order valence-electron chi connectivity index (χ0n) is 13.5. The van der Waals surface area contributed by atoms with Crippen LogP contribution in [0, 0.1) is 5.41 Å². The number of hydrogen-bond acceptors (Lipinski definition) is 4. The Balaban J connectivity index is 1.71. The van der Waals surface area contributed by atoms with E-state index < -0.39 is 0 Å². The lowest BCUT2D eigenvalue weighted by molar-refractivity contribution is 0.0834. The minimum absolute atomic E-state index is 0.0101. The maximum absolute atomic E-state index is 12.5. The molecule has 2 aliphatic heterocycles. The second-order valence-corrected chi connectivity index (χ2v) is 7.50. The molecular weight excluding hydrogens is 280 g/mol. The maximum atomic E-state index is 12.5. The van der Waals surface area contributed by atoms with Gasteiger partial charge in [0, 0.05) is 12.6 Å². The zero-order chi connectivity index (χ0) is 15.5. The third-order valence-corrected chi connectivity index (χ3v) is 5.53. The zero-order valence-corrected chi connectivity index (χ0v) is 13.5. The summed E-state index contributed by atoms with van der Waals surface area (Å²) < 4.78 is 7.48. The molecule has 1 saturated carbocycles. The van der Waals surface area contributed by atoms with E-state index in [1.807, 2.05) is 10.7 Å². The molecule has 3 heterocycles. The summed E-state index contributed by atoms with van der Waals surface area (Å²) in [5.41, 5.74) is 0.837. The van der Waals surface area contributed by atoms with Crippen molar-refractivity contribution in [2.24, 2.45) is 5.41 Å². The number of hydrogen-bond donors (Lipinski definition) is 1. The molecule has 6 heteroatoms. The minimum Gasteiger partial charge on any atom is -0.377 e. The van der Waals surface area contributed by atoms with Gasteiger partial charge in [0.25, 0.3) is 5.91 Å². The van der Waals surface area contributed by atoms with Gasteiger partial charge in [-0.2, -0.15) is 5.10 Å². The third kappa shape index (κ3) is 1.96. The largest absolute Gasteiger partial charge is 0.377 e.